The highest BCUT2D eigenvalue weighted by atomic mass is 35.5. The fraction of sp³-hybridized carbons (Fsp3) is 0.174. The Kier molecular flexibility index (Phi) is 6.15. The summed E-state index contributed by atoms with van der Waals surface area (Å²) in [5.74, 6) is 1.12. The molecule has 0 atom stereocenters. The van der Waals surface area contributed by atoms with E-state index in [4.69, 9.17) is 21.1 Å². The van der Waals surface area contributed by atoms with Crippen molar-refractivity contribution in [2.24, 2.45) is 4.99 Å². The van der Waals surface area contributed by atoms with Crippen molar-refractivity contribution < 1.29 is 9.47 Å². The molecule has 0 aliphatic rings. The molecule has 0 saturated heterocycles. The minimum absolute atomic E-state index is 0.423. The fourth-order valence-corrected chi connectivity index (χ4v) is 2.96. The third kappa shape index (κ3) is 4.89. The third-order valence-electron chi connectivity index (χ3n) is 4.20. The van der Waals surface area contributed by atoms with Crippen LogP contribution in [-0.4, -0.2) is 13.3 Å². The molecule has 0 heterocycles. The zero-order valence-electron chi connectivity index (χ0n) is 15.7. The summed E-state index contributed by atoms with van der Waals surface area (Å²) < 4.78 is 11.4. The Morgan fingerprint density at radius 1 is 1.00 bits per heavy atom. The summed E-state index contributed by atoms with van der Waals surface area (Å²) in [6.45, 7) is 4.52. The molecule has 0 aliphatic carbocycles. The van der Waals surface area contributed by atoms with Crippen molar-refractivity contribution in [3.63, 3.8) is 0 Å². The molecule has 0 amide bonds. The molecule has 0 unspecified atom stereocenters. The quantitative estimate of drug-likeness (QED) is 0.471. The first-order valence-corrected chi connectivity index (χ1v) is 9.10. The molecular weight excluding hydrogens is 358 g/mol. The highest BCUT2D eigenvalue weighted by molar-refractivity contribution is 6.32. The van der Waals surface area contributed by atoms with Crippen LogP contribution in [0.25, 0.3) is 0 Å². The summed E-state index contributed by atoms with van der Waals surface area (Å²) >= 11 is 6.45. The highest BCUT2D eigenvalue weighted by Crippen LogP contribution is 2.36. The standard InChI is InChI=1S/C23H22ClNO2/c1-16-9-10-17(2)21(11-16)25-14-19-12-20(24)23(22(13-19)26-3)27-15-18-7-5-4-6-8-18/h4-14H,15H2,1-3H3. The molecule has 0 saturated carbocycles. The third-order valence-corrected chi connectivity index (χ3v) is 4.48. The average molecular weight is 380 g/mol. The van der Waals surface area contributed by atoms with E-state index in [0.29, 0.717) is 23.1 Å². The molecule has 27 heavy (non-hydrogen) atoms. The van der Waals surface area contributed by atoms with Crippen LogP contribution in [0.4, 0.5) is 5.69 Å². The van der Waals surface area contributed by atoms with E-state index in [9.17, 15) is 0 Å². The molecule has 0 radical (unpaired) electrons. The van der Waals surface area contributed by atoms with Crippen LogP contribution in [0.5, 0.6) is 11.5 Å². The van der Waals surface area contributed by atoms with Crippen LogP contribution in [0, 0.1) is 13.8 Å². The van der Waals surface area contributed by atoms with Gasteiger partial charge in [0.2, 0.25) is 0 Å². The van der Waals surface area contributed by atoms with Crippen LogP contribution in [0.15, 0.2) is 65.7 Å². The van der Waals surface area contributed by atoms with E-state index in [2.05, 4.69) is 30.1 Å². The molecule has 3 rings (SSSR count). The van der Waals surface area contributed by atoms with Crippen molar-refractivity contribution in [2.45, 2.75) is 20.5 Å². The topological polar surface area (TPSA) is 30.8 Å². The minimum atomic E-state index is 0.423. The Labute approximate surface area is 165 Å². The zero-order chi connectivity index (χ0) is 19.2. The second-order valence-electron chi connectivity index (χ2n) is 6.36. The number of benzene rings is 3. The number of halogens is 1. The second-order valence-corrected chi connectivity index (χ2v) is 6.76. The number of nitrogens with zero attached hydrogens (tertiary/aromatic N) is 1. The Hall–Kier alpha value is -2.78. The summed E-state index contributed by atoms with van der Waals surface area (Å²) in [7, 11) is 1.60. The molecule has 0 N–H and O–H groups in total. The Bertz CT molecular complexity index is 952. The first kappa shape index (κ1) is 19.0. The number of aliphatic imine (C=N–C) groups is 1. The molecule has 138 valence electrons. The lowest BCUT2D eigenvalue weighted by molar-refractivity contribution is 0.284. The normalized spacial score (nSPS) is 11.0. The molecule has 3 aromatic carbocycles. The van der Waals surface area contributed by atoms with Gasteiger partial charge in [-0.05, 0) is 54.3 Å². The largest absolute Gasteiger partial charge is 0.493 e. The van der Waals surface area contributed by atoms with Crippen molar-refractivity contribution in [3.05, 3.63) is 87.9 Å². The molecule has 0 aromatic heterocycles. The molecular formula is C23H22ClNO2. The SMILES string of the molecule is COc1cc(C=Nc2cc(C)ccc2C)cc(Cl)c1OCc1ccccc1. The maximum absolute atomic E-state index is 6.45. The zero-order valence-corrected chi connectivity index (χ0v) is 16.5. The predicted octanol–water partition coefficient (Wildman–Crippen LogP) is 6.30. The van der Waals surface area contributed by atoms with E-state index in [1.807, 2.05) is 49.4 Å². The van der Waals surface area contributed by atoms with Gasteiger partial charge < -0.3 is 9.47 Å². The van der Waals surface area contributed by atoms with Gasteiger partial charge in [0.15, 0.2) is 11.5 Å². The van der Waals surface area contributed by atoms with Gasteiger partial charge in [-0.1, -0.05) is 54.1 Å². The predicted molar refractivity (Wildman–Crippen MR) is 112 cm³/mol. The molecule has 0 spiro atoms. The number of methoxy groups -OCH3 is 1. The summed E-state index contributed by atoms with van der Waals surface area (Å²) in [6.07, 6.45) is 1.79. The van der Waals surface area contributed by atoms with Gasteiger partial charge in [0.1, 0.15) is 6.61 Å². The van der Waals surface area contributed by atoms with Gasteiger partial charge in [-0.25, -0.2) is 0 Å². The molecule has 3 aromatic rings. The molecule has 0 fully saturated rings. The van der Waals surface area contributed by atoms with Crippen LogP contribution in [0.2, 0.25) is 5.02 Å². The van der Waals surface area contributed by atoms with Gasteiger partial charge in [-0.2, -0.15) is 0 Å². The van der Waals surface area contributed by atoms with Crippen molar-refractivity contribution in [1.82, 2.24) is 0 Å². The molecule has 0 aliphatic heterocycles. The smallest absolute Gasteiger partial charge is 0.180 e. The lowest BCUT2D eigenvalue weighted by Gasteiger charge is -2.13. The first-order valence-electron chi connectivity index (χ1n) is 8.72. The van der Waals surface area contributed by atoms with Gasteiger partial charge in [-0.15, -0.1) is 0 Å². The van der Waals surface area contributed by atoms with Crippen molar-refractivity contribution in [3.8, 4) is 11.5 Å². The number of ether oxygens (including phenoxy) is 2. The number of hydrogen-bond donors (Lipinski definition) is 0. The Morgan fingerprint density at radius 2 is 1.78 bits per heavy atom. The molecule has 3 nitrogen and oxygen atoms in total. The summed E-state index contributed by atoms with van der Waals surface area (Å²) in [6, 6.07) is 19.8. The maximum atomic E-state index is 6.45. The number of aryl methyl sites for hydroxylation is 2. The Balaban J connectivity index is 1.83. The van der Waals surface area contributed by atoms with E-state index in [-0.39, 0.29) is 0 Å². The second kappa shape index (κ2) is 8.74. The van der Waals surface area contributed by atoms with Gasteiger partial charge in [0.05, 0.1) is 17.8 Å². The molecule has 4 heteroatoms. The lowest BCUT2D eigenvalue weighted by Crippen LogP contribution is -1.99. The minimum Gasteiger partial charge on any atom is -0.493 e. The average Bonchev–Trinajstić information content (AvgIpc) is 2.68. The van der Waals surface area contributed by atoms with Crippen LogP contribution in [-0.2, 0) is 6.61 Å². The lowest BCUT2D eigenvalue weighted by atomic mass is 10.1. The van der Waals surface area contributed by atoms with Crippen LogP contribution in [0.3, 0.4) is 0 Å². The summed E-state index contributed by atoms with van der Waals surface area (Å²) in [4.78, 5) is 4.60. The van der Waals surface area contributed by atoms with Gasteiger partial charge in [0, 0.05) is 6.21 Å². The van der Waals surface area contributed by atoms with Crippen LogP contribution >= 0.6 is 11.6 Å². The number of hydrogen-bond acceptors (Lipinski definition) is 3. The Morgan fingerprint density at radius 3 is 2.52 bits per heavy atom. The van der Waals surface area contributed by atoms with Gasteiger partial charge in [0.25, 0.3) is 0 Å². The first-order chi connectivity index (χ1) is 13.1. The van der Waals surface area contributed by atoms with E-state index in [0.717, 1.165) is 22.4 Å². The van der Waals surface area contributed by atoms with Gasteiger partial charge >= 0.3 is 0 Å². The van der Waals surface area contributed by atoms with E-state index >= 15 is 0 Å². The maximum Gasteiger partial charge on any atom is 0.180 e. The van der Waals surface area contributed by atoms with Crippen LogP contribution < -0.4 is 9.47 Å². The highest BCUT2D eigenvalue weighted by Gasteiger charge is 2.12. The summed E-state index contributed by atoms with van der Waals surface area (Å²) in [5, 5.41) is 0.493. The monoisotopic (exact) mass is 379 g/mol. The van der Waals surface area contributed by atoms with Crippen molar-refractivity contribution in [2.75, 3.05) is 7.11 Å². The van der Waals surface area contributed by atoms with E-state index < -0.39 is 0 Å². The fourth-order valence-electron chi connectivity index (χ4n) is 2.69. The van der Waals surface area contributed by atoms with Gasteiger partial charge in [-0.3, -0.25) is 4.99 Å². The van der Waals surface area contributed by atoms with E-state index in [1.165, 1.54) is 5.56 Å². The van der Waals surface area contributed by atoms with Crippen molar-refractivity contribution in [1.29, 1.82) is 0 Å². The number of rotatable bonds is 6. The van der Waals surface area contributed by atoms with Crippen LogP contribution in [0.1, 0.15) is 22.3 Å². The molecule has 0 bridgehead atoms. The summed E-state index contributed by atoms with van der Waals surface area (Å²) in [5.41, 5.74) is 5.15. The van der Waals surface area contributed by atoms with Crippen molar-refractivity contribution >= 4 is 23.5 Å². The van der Waals surface area contributed by atoms with E-state index in [1.54, 1.807) is 13.3 Å².